The number of carbonyl (C=O) groups is 1. The van der Waals surface area contributed by atoms with Gasteiger partial charge in [0.15, 0.2) is 0 Å². The Bertz CT molecular complexity index is 632. The van der Waals surface area contributed by atoms with E-state index in [0.29, 0.717) is 5.56 Å². The maximum atomic E-state index is 11.3. The standard InChI is InChI=1S/C12H10N2O3/c1-7-9(3-2-4-13-7)8-5-10(12(16)17)11(15)14-6-8/h2-6H,1H3,(H,14,15)(H,16,17). The number of aryl methyl sites for hydroxylation is 1. The Morgan fingerprint density at radius 3 is 2.88 bits per heavy atom. The van der Waals surface area contributed by atoms with Gasteiger partial charge in [-0.15, -0.1) is 0 Å². The van der Waals surface area contributed by atoms with E-state index >= 15 is 0 Å². The number of rotatable bonds is 2. The molecule has 2 rings (SSSR count). The lowest BCUT2D eigenvalue weighted by Gasteiger charge is -2.05. The Morgan fingerprint density at radius 1 is 1.47 bits per heavy atom. The van der Waals surface area contributed by atoms with Crippen LogP contribution >= 0.6 is 0 Å². The van der Waals surface area contributed by atoms with Crippen LogP contribution in [0.2, 0.25) is 0 Å². The van der Waals surface area contributed by atoms with Gasteiger partial charge in [0.1, 0.15) is 5.56 Å². The molecule has 0 aromatic carbocycles. The van der Waals surface area contributed by atoms with Gasteiger partial charge < -0.3 is 10.1 Å². The lowest BCUT2D eigenvalue weighted by molar-refractivity contribution is 0.0695. The van der Waals surface area contributed by atoms with E-state index in [4.69, 9.17) is 5.11 Å². The summed E-state index contributed by atoms with van der Waals surface area (Å²) in [4.78, 5) is 28.7. The highest BCUT2D eigenvalue weighted by molar-refractivity contribution is 5.88. The quantitative estimate of drug-likeness (QED) is 0.817. The number of carboxylic acids is 1. The molecular formula is C12H10N2O3. The molecule has 0 unspecified atom stereocenters. The number of nitrogens with zero attached hydrogens (tertiary/aromatic N) is 1. The fraction of sp³-hybridized carbons (Fsp3) is 0.0833. The zero-order chi connectivity index (χ0) is 12.4. The summed E-state index contributed by atoms with van der Waals surface area (Å²) >= 11 is 0. The van der Waals surface area contributed by atoms with Crippen LogP contribution in [0.15, 0.2) is 35.4 Å². The second-order valence-electron chi connectivity index (χ2n) is 3.57. The molecule has 17 heavy (non-hydrogen) atoms. The highest BCUT2D eigenvalue weighted by Crippen LogP contribution is 2.20. The van der Waals surface area contributed by atoms with Gasteiger partial charge in [-0.1, -0.05) is 6.07 Å². The van der Waals surface area contributed by atoms with Crippen molar-refractivity contribution in [1.82, 2.24) is 9.97 Å². The van der Waals surface area contributed by atoms with Crippen molar-refractivity contribution in [3.8, 4) is 11.1 Å². The van der Waals surface area contributed by atoms with Crippen molar-refractivity contribution in [1.29, 1.82) is 0 Å². The van der Waals surface area contributed by atoms with E-state index in [1.807, 2.05) is 13.0 Å². The molecule has 2 aromatic heterocycles. The summed E-state index contributed by atoms with van der Waals surface area (Å²) in [6.45, 7) is 1.82. The number of aromatic nitrogens is 2. The van der Waals surface area contributed by atoms with Crippen molar-refractivity contribution in [2.24, 2.45) is 0 Å². The molecule has 0 fully saturated rings. The highest BCUT2D eigenvalue weighted by atomic mass is 16.4. The molecule has 2 aromatic rings. The van der Waals surface area contributed by atoms with Gasteiger partial charge in [0.25, 0.3) is 5.56 Å². The smallest absolute Gasteiger partial charge is 0.341 e. The second-order valence-corrected chi connectivity index (χ2v) is 3.57. The van der Waals surface area contributed by atoms with E-state index in [-0.39, 0.29) is 5.56 Å². The van der Waals surface area contributed by atoms with Gasteiger partial charge in [0.05, 0.1) is 0 Å². The third-order valence-electron chi connectivity index (χ3n) is 2.45. The van der Waals surface area contributed by atoms with Gasteiger partial charge in [-0.25, -0.2) is 4.79 Å². The van der Waals surface area contributed by atoms with E-state index in [2.05, 4.69) is 9.97 Å². The van der Waals surface area contributed by atoms with Crippen LogP contribution in [-0.4, -0.2) is 21.0 Å². The van der Waals surface area contributed by atoms with Crippen LogP contribution in [0, 0.1) is 6.92 Å². The van der Waals surface area contributed by atoms with Crippen molar-refractivity contribution in [2.45, 2.75) is 6.92 Å². The van der Waals surface area contributed by atoms with Crippen LogP contribution in [-0.2, 0) is 0 Å². The summed E-state index contributed by atoms with van der Waals surface area (Å²) in [6.07, 6.45) is 3.14. The molecule has 2 heterocycles. The molecule has 0 spiro atoms. The maximum Gasteiger partial charge on any atom is 0.341 e. The summed E-state index contributed by atoms with van der Waals surface area (Å²) in [5.74, 6) is -1.24. The van der Waals surface area contributed by atoms with Crippen LogP contribution in [0.25, 0.3) is 11.1 Å². The van der Waals surface area contributed by atoms with Gasteiger partial charge in [-0.05, 0) is 19.1 Å². The van der Waals surface area contributed by atoms with Crippen molar-refractivity contribution in [2.75, 3.05) is 0 Å². The van der Waals surface area contributed by atoms with E-state index in [1.54, 1.807) is 12.3 Å². The molecule has 0 radical (unpaired) electrons. The van der Waals surface area contributed by atoms with Gasteiger partial charge in [-0.2, -0.15) is 0 Å². The fourth-order valence-corrected chi connectivity index (χ4v) is 1.59. The summed E-state index contributed by atoms with van der Waals surface area (Å²) in [7, 11) is 0. The molecule has 5 nitrogen and oxygen atoms in total. The summed E-state index contributed by atoms with van der Waals surface area (Å²) in [5, 5.41) is 8.87. The van der Waals surface area contributed by atoms with Crippen LogP contribution in [0.5, 0.6) is 0 Å². The minimum atomic E-state index is -1.24. The van der Waals surface area contributed by atoms with Crippen LogP contribution in [0.1, 0.15) is 16.1 Å². The first-order valence-corrected chi connectivity index (χ1v) is 4.97. The number of aromatic amines is 1. The van der Waals surface area contributed by atoms with Crippen molar-refractivity contribution >= 4 is 5.97 Å². The topological polar surface area (TPSA) is 83.0 Å². The maximum absolute atomic E-state index is 11.3. The number of aromatic carboxylic acids is 1. The minimum absolute atomic E-state index is 0.272. The highest BCUT2D eigenvalue weighted by Gasteiger charge is 2.11. The summed E-state index contributed by atoms with van der Waals surface area (Å²) in [6, 6.07) is 4.93. The van der Waals surface area contributed by atoms with Gasteiger partial charge in [0, 0.05) is 29.2 Å². The Balaban J connectivity index is 2.62. The predicted molar refractivity (Wildman–Crippen MR) is 62.0 cm³/mol. The number of H-pyrrole nitrogens is 1. The van der Waals surface area contributed by atoms with Crippen LogP contribution in [0.4, 0.5) is 0 Å². The van der Waals surface area contributed by atoms with Crippen LogP contribution in [0.3, 0.4) is 0 Å². The third-order valence-corrected chi connectivity index (χ3v) is 2.45. The Kier molecular flexibility index (Phi) is 2.74. The normalized spacial score (nSPS) is 10.2. The average Bonchev–Trinajstić information content (AvgIpc) is 2.30. The largest absolute Gasteiger partial charge is 0.477 e. The van der Waals surface area contributed by atoms with E-state index in [1.165, 1.54) is 12.3 Å². The summed E-state index contributed by atoms with van der Waals surface area (Å²) in [5.41, 5.74) is 1.32. The molecular weight excluding hydrogens is 220 g/mol. The number of hydrogen-bond donors (Lipinski definition) is 2. The monoisotopic (exact) mass is 230 g/mol. The molecule has 0 aliphatic rings. The molecule has 2 N–H and O–H groups in total. The molecule has 0 amide bonds. The first-order valence-electron chi connectivity index (χ1n) is 4.97. The zero-order valence-electron chi connectivity index (χ0n) is 9.10. The van der Waals surface area contributed by atoms with Crippen molar-refractivity contribution in [3.05, 3.63) is 52.2 Å². The first-order chi connectivity index (χ1) is 8.09. The van der Waals surface area contributed by atoms with Crippen molar-refractivity contribution in [3.63, 3.8) is 0 Å². The van der Waals surface area contributed by atoms with Gasteiger partial charge in [0.2, 0.25) is 0 Å². The number of carboxylic acid groups (broad SMARTS) is 1. The van der Waals surface area contributed by atoms with Crippen LogP contribution < -0.4 is 5.56 Å². The third kappa shape index (κ3) is 2.08. The SMILES string of the molecule is Cc1ncccc1-c1c[nH]c(=O)c(C(=O)O)c1. The molecule has 0 saturated heterocycles. The predicted octanol–water partition coefficient (Wildman–Crippen LogP) is 1.44. The number of nitrogens with one attached hydrogen (secondary N) is 1. The second kappa shape index (κ2) is 4.21. The molecule has 0 saturated carbocycles. The van der Waals surface area contributed by atoms with E-state index in [0.717, 1.165) is 11.3 Å². The molecule has 5 heteroatoms. The molecule has 86 valence electrons. The lowest BCUT2D eigenvalue weighted by Crippen LogP contribution is -2.16. The fourth-order valence-electron chi connectivity index (χ4n) is 1.59. The Labute approximate surface area is 96.8 Å². The Morgan fingerprint density at radius 2 is 2.24 bits per heavy atom. The molecule has 0 aliphatic carbocycles. The zero-order valence-corrected chi connectivity index (χ0v) is 9.10. The molecule has 0 aliphatic heterocycles. The first kappa shape index (κ1) is 11.1. The van der Waals surface area contributed by atoms with Gasteiger partial charge >= 0.3 is 5.97 Å². The van der Waals surface area contributed by atoms with Crippen molar-refractivity contribution < 1.29 is 9.90 Å². The lowest BCUT2D eigenvalue weighted by atomic mass is 10.1. The average molecular weight is 230 g/mol. The number of pyridine rings is 2. The molecule has 0 atom stereocenters. The minimum Gasteiger partial charge on any atom is -0.477 e. The molecule has 0 bridgehead atoms. The number of hydrogen-bond acceptors (Lipinski definition) is 3. The van der Waals surface area contributed by atoms with E-state index in [9.17, 15) is 9.59 Å². The van der Waals surface area contributed by atoms with E-state index < -0.39 is 11.5 Å². The Hall–Kier alpha value is -2.43. The summed E-state index contributed by atoms with van der Waals surface area (Å²) < 4.78 is 0. The van der Waals surface area contributed by atoms with Gasteiger partial charge in [-0.3, -0.25) is 9.78 Å².